The second kappa shape index (κ2) is 12.5. The first-order chi connectivity index (χ1) is 19.7. The predicted molar refractivity (Wildman–Crippen MR) is 142 cm³/mol. The molecule has 1 fully saturated rings. The maximum atomic E-state index is 14.2. The van der Waals surface area contributed by atoms with Crippen molar-refractivity contribution in [2.24, 2.45) is 0 Å². The summed E-state index contributed by atoms with van der Waals surface area (Å²) in [7, 11) is 0. The van der Waals surface area contributed by atoms with Crippen LogP contribution in [0.4, 0.5) is 13.2 Å². The van der Waals surface area contributed by atoms with Crippen molar-refractivity contribution in [2.45, 2.75) is 32.5 Å². The largest absolute Gasteiger partial charge is 0.478 e. The van der Waals surface area contributed by atoms with Crippen molar-refractivity contribution in [3.63, 3.8) is 0 Å². The van der Waals surface area contributed by atoms with E-state index in [9.17, 15) is 22.8 Å². The molecule has 2 aliphatic heterocycles. The summed E-state index contributed by atoms with van der Waals surface area (Å²) < 4.78 is 69.6. The van der Waals surface area contributed by atoms with Gasteiger partial charge in [0.05, 0.1) is 36.3 Å². The lowest BCUT2D eigenvalue weighted by atomic mass is 10.1. The van der Waals surface area contributed by atoms with Gasteiger partial charge in [-0.3, -0.25) is 14.6 Å². The molecule has 12 heteroatoms. The van der Waals surface area contributed by atoms with E-state index >= 15 is 0 Å². The van der Waals surface area contributed by atoms with Crippen LogP contribution in [0.5, 0.6) is 17.2 Å². The van der Waals surface area contributed by atoms with E-state index in [1.807, 2.05) is 11.8 Å². The van der Waals surface area contributed by atoms with Gasteiger partial charge in [-0.05, 0) is 55.8 Å². The normalized spacial score (nSPS) is 16.3. The third-order valence-corrected chi connectivity index (χ3v) is 6.92. The molecule has 3 aromatic rings. The Hall–Kier alpha value is -3.61. The van der Waals surface area contributed by atoms with Gasteiger partial charge in [0.25, 0.3) is 5.76 Å². The summed E-state index contributed by atoms with van der Waals surface area (Å²) in [6.07, 6.45) is -3.52. The highest BCUT2D eigenvalue weighted by atomic mass is 19.4. The van der Waals surface area contributed by atoms with E-state index in [1.54, 1.807) is 6.07 Å². The first-order valence-electron chi connectivity index (χ1n) is 13.5. The summed E-state index contributed by atoms with van der Waals surface area (Å²) in [5, 5.41) is -0.0507. The van der Waals surface area contributed by atoms with Crippen LogP contribution < -0.4 is 14.9 Å². The Morgan fingerprint density at radius 1 is 1.02 bits per heavy atom. The molecule has 0 bridgehead atoms. The van der Waals surface area contributed by atoms with Gasteiger partial charge in [-0.1, -0.05) is 6.92 Å². The number of alkyl halides is 3. The minimum Gasteiger partial charge on any atom is -0.478 e. The fourth-order valence-electron chi connectivity index (χ4n) is 4.81. The molecule has 9 nitrogen and oxygen atoms in total. The number of ether oxygens (including phenoxy) is 4. The highest BCUT2D eigenvalue weighted by Crippen LogP contribution is 2.41. The Kier molecular flexibility index (Phi) is 8.81. The number of hydrogen-bond acceptors (Lipinski definition) is 9. The van der Waals surface area contributed by atoms with E-state index in [4.69, 9.17) is 23.4 Å². The van der Waals surface area contributed by atoms with Crippen LogP contribution in [0.15, 0.2) is 45.6 Å². The Balaban J connectivity index is 1.40. The lowest BCUT2D eigenvalue weighted by Gasteiger charge is -2.31. The molecule has 2 aromatic carbocycles. The van der Waals surface area contributed by atoms with Crippen molar-refractivity contribution in [3.8, 4) is 17.2 Å². The quantitative estimate of drug-likeness (QED) is 0.325. The molecule has 0 unspecified atom stereocenters. The number of benzene rings is 2. The van der Waals surface area contributed by atoms with Crippen LogP contribution >= 0.6 is 0 Å². The fourth-order valence-corrected chi connectivity index (χ4v) is 4.81. The van der Waals surface area contributed by atoms with E-state index < -0.39 is 29.1 Å². The van der Waals surface area contributed by atoms with Gasteiger partial charge >= 0.3 is 12.1 Å². The third-order valence-electron chi connectivity index (χ3n) is 6.92. The third kappa shape index (κ3) is 6.66. The van der Waals surface area contributed by atoms with Crippen molar-refractivity contribution >= 4 is 16.9 Å². The summed E-state index contributed by atoms with van der Waals surface area (Å²) in [6.45, 7) is 7.33. The van der Waals surface area contributed by atoms with Gasteiger partial charge in [0.1, 0.15) is 23.8 Å². The number of esters is 1. The molecule has 5 rings (SSSR count). The number of carbonyl (C=O) groups is 1. The molecule has 0 atom stereocenters. The van der Waals surface area contributed by atoms with Gasteiger partial charge in [0, 0.05) is 26.2 Å². The van der Waals surface area contributed by atoms with Gasteiger partial charge in [0.15, 0.2) is 0 Å². The zero-order chi connectivity index (χ0) is 29.0. The molecule has 3 heterocycles. The average molecular weight is 577 g/mol. The molecular formula is C29H31F3N2O7. The van der Waals surface area contributed by atoms with E-state index in [-0.39, 0.29) is 42.2 Å². The smallest absolute Gasteiger partial charge is 0.453 e. The number of fused-ring (bicyclic) bond motifs is 3. The van der Waals surface area contributed by atoms with Gasteiger partial charge in [-0.15, -0.1) is 0 Å². The van der Waals surface area contributed by atoms with E-state index in [1.165, 1.54) is 30.3 Å². The molecule has 0 saturated carbocycles. The number of hydrogen-bond donors (Lipinski definition) is 0. The molecule has 1 aromatic heterocycles. The van der Waals surface area contributed by atoms with E-state index in [2.05, 4.69) is 4.90 Å². The van der Waals surface area contributed by atoms with Crippen molar-refractivity contribution in [1.82, 2.24) is 9.80 Å². The van der Waals surface area contributed by atoms with Crippen molar-refractivity contribution in [3.05, 3.63) is 63.5 Å². The predicted octanol–water partition coefficient (Wildman–Crippen LogP) is 5.05. The molecule has 0 spiro atoms. The number of halogens is 3. The molecular weight excluding hydrogens is 545 g/mol. The molecule has 0 aliphatic carbocycles. The lowest BCUT2D eigenvalue weighted by molar-refractivity contribution is -0.154. The van der Waals surface area contributed by atoms with Crippen LogP contribution in [0, 0.1) is 0 Å². The van der Waals surface area contributed by atoms with Gasteiger partial charge < -0.3 is 23.4 Å². The topological polar surface area (TPSA) is 90.7 Å². The van der Waals surface area contributed by atoms with E-state index in [0.717, 1.165) is 26.1 Å². The second-order valence-corrected chi connectivity index (χ2v) is 9.90. The highest BCUT2D eigenvalue weighted by molar-refractivity contribution is 5.89. The molecule has 1 saturated heterocycles. The van der Waals surface area contributed by atoms with Crippen LogP contribution in [0.2, 0.25) is 0 Å². The van der Waals surface area contributed by atoms with Crippen molar-refractivity contribution in [1.29, 1.82) is 0 Å². The minimum atomic E-state index is -5.01. The molecule has 0 radical (unpaired) electrons. The number of morpholine rings is 1. The highest BCUT2D eigenvalue weighted by Gasteiger charge is 2.41. The molecule has 41 heavy (non-hydrogen) atoms. The summed E-state index contributed by atoms with van der Waals surface area (Å²) >= 11 is 0. The van der Waals surface area contributed by atoms with Crippen molar-refractivity contribution in [2.75, 3.05) is 52.7 Å². The van der Waals surface area contributed by atoms with Crippen LogP contribution in [-0.4, -0.2) is 68.5 Å². The number of carbonyl (C=O) groups excluding carboxylic acids is 1. The summed E-state index contributed by atoms with van der Waals surface area (Å²) in [4.78, 5) is 29.7. The second-order valence-electron chi connectivity index (χ2n) is 9.90. The lowest BCUT2D eigenvalue weighted by Crippen LogP contribution is -2.39. The first kappa shape index (κ1) is 28.9. The standard InChI is InChI=1S/C29H31F3N2O7/c1-2-14-38-28(36)19-4-6-20(7-5-19)40-26-24(35)21-8-9-23-22(25(21)41-27(26)29(30,31)32)17-34(18-39-23)11-3-10-33-12-15-37-16-13-33/h4-9H,2-3,10-18H2,1H3. The SMILES string of the molecule is CCCOC(=O)c1ccc(Oc2c(C(F)(F)F)oc3c4c(ccc3c2=O)OCN(CCCN2CCOCC2)C4)cc1. The summed E-state index contributed by atoms with van der Waals surface area (Å²) in [6, 6.07) is 8.24. The molecule has 220 valence electrons. The van der Waals surface area contributed by atoms with E-state index in [0.29, 0.717) is 37.5 Å². The van der Waals surface area contributed by atoms with Gasteiger partial charge in [-0.25, -0.2) is 4.79 Å². The molecule has 0 N–H and O–H groups in total. The zero-order valence-corrected chi connectivity index (χ0v) is 22.6. The van der Waals surface area contributed by atoms with Crippen LogP contribution in [0.3, 0.4) is 0 Å². The summed E-state index contributed by atoms with van der Waals surface area (Å²) in [5.41, 5.74) is -0.561. The zero-order valence-electron chi connectivity index (χ0n) is 22.6. The van der Waals surface area contributed by atoms with Gasteiger partial charge in [0.2, 0.25) is 11.2 Å². The Bertz CT molecular complexity index is 1430. The maximum absolute atomic E-state index is 14.2. The first-order valence-corrected chi connectivity index (χ1v) is 13.5. The summed E-state index contributed by atoms with van der Waals surface area (Å²) in [5.74, 6) is -2.79. The van der Waals surface area contributed by atoms with Crippen LogP contribution in [-0.2, 0) is 22.2 Å². The molecule has 0 amide bonds. The van der Waals surface area contributed by atoms with Crippen molar-refractivity contribution < 1.29 is 41.3 Å². The minimum absolute atomic E-state index is 0.0507. The Labute approximate surface area is 234 Å². The molecule has 2 aliphatic rings. The fraction of sp³-hybridized carbons (Fsp3) is 0.448. The number of nitrogens with zero attached hydrogens (tertiary/aromatic N) is 2. The average Bonchev–Trinajstić information content (AvgIpc) is 2.97. The Morgan fingerprint density at radius 3 is 2.46 bits per heavy atom. The van der Waals surface area contributed by atoms with Crippen LogP contribution in [0.25, 0.3) is 11.0 Å². The monoisotopic (exact) mass is 576 g/mol. The van der Waals surface area contributed by atoms with Crippen LogP contribution in [0.1, 0.15) is 41.4 Å². The van der Waals surface area contributed by atoms with Gasteiger partial charge in [-0.2, -0.15) is 13.2 Å². The maximum Gasteiger partial charge on any atom is 0.453 e. The number of rotatable bonds is 9. The Morgan fingerprint density at radius 2 is 1.76 bits per heavy atom.